The number of aliphatic hydroxyl groups excluding tert-OH is 1. The number of hydrogen-bond donors (Lipinski definition) is 4. The predicted molar refractivity (Wildman–Crippen MR) is 136 cm³/mol. The third-order valence-electron chi connectivity index (χ3n) is 6.34. The number of para-hydroxylation sites is 1. The summed E-state index contributed by atoms with van der Waals surface area (Å²) in [6.07, 6.45) is -1.88. The van der Waals surface area contributed by atoms with Crippen molar-refractivity contribution in [3.63, 3.8) is 0 Å². The molecule has 1 aliphatic rings. The van der Waals surface area contributed by atoms with Crippen molar-refractivity contribution in [2.24, 2.45) is 0 Å². The molecule has 0 aliphatic carbocycles. The van der Waals surface area contributed by atoms with Gasteiger partial charge in [-0.25, -0.2) is 14.1 Å². The standard InChI is InChI=1S/C24H29N6O8P/c1-4-35-22(32)15(2)29-39(34,38-16-8-6-5-7-9-16)36-12-18-20(31)23(3,33)24(13-25,37-18)19-11-10-17-21(26)27-14-28-30(17)19/h5-11,14-15,18,20,31,33H,4,12H2,1-3H3,(H,29,34)(H2,26,27,28)/t15-,18+,20+,23+,24-,39-/m0/s1. The van der Waals surface area contributed by atoms with Gasteiger partial charge in [-0.2, -0.15) is 15.4 Å². The van der Waals surface area contributed by atoms with Crippen LogP contribution in [-0.2, 0) is 29.0 Å². The van der Waals surface area contributed by atoms with E-state index in [2.05, 4.69) is 15.2 Å². The second-order valence-corrected chi connectivity index (χ2v) is 10.7. The van der Waals surface area contributed by atoms with Crippen LogP contribution in [0.5, 0.6) is 5.75 Å². The molecule has 1 aliphatic heterocycles. The maximum absolute atomic E-state index is 13.7. The first-order chi connectivity index (χ1) is 18.5. The Kier molecular flexibility index (Phi) is 7.94. The van der Waals surface area contributed by atoms with Crippen LogP contribution in [0.1, 0.15) is 26.5 Å². The number of carbonyl (C=O) groups is 1. The fourth-order valence-electron chi connectivity index (χ4n) is 4.28. The van der Waals surface area contributed by atoms with Gasteiger partial charge in [0.2, 0.25) is 5.60 Å². The molecule has 0 radical (unpaired) electrons. The zero-order valence-corrected chi connectivity index (χ0v) is 22.3. The van der Waals surface area contributed by atoms with Crippen molar-refractivity contribution in [3.8, 4) is 11.8 Å². The van der Waals surface area contributed by atoms with Crippen molar-refractivity contribution in [2.75, 3.05) is 18.9 Å². The summed E-state index contributed by atoms with van der Waals surface area (Å²) in [6.45, 7) is 3.77. The predicted octanol–water partition coefficient (Wildman–Crippen LogP) is 1.29. The molecule has 1 fully saturated rings. The van der Waals surface area contributed by atoms with Gasteiger partial charge in [0.15, 0.2) is 5.82 Å². The minimum Gasteiger partial charge on any atom is -0.465 e. The molecule has 0 amide bonds. The molecular weight excluding hydrogens is 531 g/mol. The number of aliphatic hydroxyl groups is 2. The van der Waals surface area contributed by atoms with E-state index >= 15 is 0 Å². The number of nitrogen functional groups attached to an aromatic ring is 1. The molecule has 4 rings (SSSR count). The van der Waals surface area contributed by atoms with Gasteiger partial charge >= 0.3 is 13.7 Å². The van der Waals surface area contributed by atoms with Crippen LogP contribution in [0, 0.1) is 11.3 Å². The fraction of sp³-hybridized carbons (Fsp3) is 0.417. The summed E-state index contributed by atoms with van der Waals surface area (Å²) in [5, 5.41) is 39.2. The Morgan fingerprint density at radius 1 is 1.36 bits per heavy atom. The van der Waals surface area contributed by atoms with E-state index in [0.717, 1.165) is 0 Å². The SMILES string of the molecule is CCOC(=O)[C@H](C)N[P@](=O)(OC[C@H]1O[C@@](C#N)(c2ccc3c(N)ncnn23)[C@](C)(O)[C@@H]1O)Oc1ccccc1. The lowest BCUT2D eigenvalue weighted by atomic mass is 9.80. The highest BCUT2D eigenvalue weighted by molar-refractivity contribution is 7.52. The van der Waals surface area contributed by atoms with Crippen molar-refractivity contribution >= 4 is 25.1 Å². The number of anilines is 1. The van der Waals surface area contributed by atoms with Crippen LogP contribution in [0.3, 0.4) is 0 Å². The maximum atomic E-state index is 13.7. The fourth-order valence-corrected chi connectivity index (χ4v) is 5.78. The molecule has 0 unspecified atom stereocenters. The van der Waals surface area contributed by atoms with Gasteiger partial charge in [0, 0.05) is 0 Å². The lowest BCUT2D eigenvalue weighted by Crippen LogP contribution is -2.52. The molecule has 15 heteroatoms. The second kappa shape index (κ2) is 10.9. The Balaban J connectivity index is 1.62. The van der Waals surface area contributed by atoms with E-state index in [0.29, 0.717) is 5.52 Å². The van der Waals surface area contributed by atoms with Crippen LogP contribution in [0.4, 0.5) is 5.82 Å². The monoisotopic (exact) mass is 560 g/mol. The number of benzene rings is 1. The Bertz CT molecular complexity index is 1430. The van der Waals surface area contributed by atoms with Crippen molar-refractivity contribution in [3.05, 3.63) is 54.5 Å². The molecule has 5 N–H and O–H groups in total. The van der Waals surface area contributed by atoms with Crippen molar-refractivity contribution in [2.45, 2.75) is 50.2 Å². The lowest BCUT2D eigenvalue weighted by Gasteiger charge is -2.33. The Hall–Kier alpha value is -3.57. The molecule has 0 bridgehead atoms. The number of nitrogens with two attached hydrogens (primary N) is 1. The smallest absolute Gasteiger partial charge is 0.459 e. The molecule has 208 valence electrons. The molecule has 0 saturated carbocycles. The number of fused-ring (bicyclic) bond motifs is 1. The van der Waals surface area contributed by atoms with Crippen molar-refractivity contribution in [1.82, 2.24) is 19.7 Å². The highest BCUT2D eigenvalue weighted by Gasteiger charge is 2.65. The molecular formula is C24H29N6O8P. The average Bonchev–Trinajstić information content (AvgIpc) is 3.42. The first-order valence-corrected chi connectivity index (χ1v) is 13.5. The molecule has 1 aromatic carbocycles. The molecule has 14 nitrogen and oxygen atoms in total. The van der Waals surface area contributed by atoms with Gasteiger partial charge in [-0.15, -0.1) is 0 Å². The van der Waals surface area contributed by atoms with Gasteiger partial charge in [-0.3, -0.25) is 9.32 Å². The summed E-state index contributed by atoms with van der Waals surface area (Å²) in [6, 6.07) is 12.0. The van der Waals surface area contributed by atoms with Crippen LogP contribution in [-0.4, -0.2) is 67.8 Å². The summed E-state index contributed by atoms with van der Waals surface area (Å²) in [5.74, 6) is -0.390. The Morgan fingerprint density at radius 3 is 2.74 bits per heavy atom. The normalized spacial score (nSPS) is 27.0. The number of rotatable bonds is 10. The first-order valence-electron chi connectivity index (χ1n) is 12.0. The Morgan fingerprint density at radius 2 is 2.08 bits per heavy atom. The van der Waals surface area contributed by atoms with E-state index in [-0.39, 0.29) is 23.9 Å². The maximum Gasteiger partial charge on any atom is 0.459 e. The number of ether oxygens (including phenoxy) is 2. The van der Waals surface area contributed by atoms with Gasteiger partial charge in [0.1, 0.15) is 47.5 Å². The third kappa shape index (κ3) is 5.20. The quantitative estimate of drug-likeness (QED) is 0.204. The van der Waals surface area contributed by atoms with Crippen molar-refractivity contribution < 1.29 is 38.1 Å². The number of aromatic nitrogens is 3. The van der Waals surface area contributed by atoms with E-state index < -0.39 is 49.8 Å². The largest absolute Gasteiger partial charge is 0.465 e. The second-order valence-electron chi connectivity index (χ2n) is 9.00. The van der Waals surface area contributed by atoms with Gasteiger partial charge in [0.25, 0.3) is 0 Å². The molecule has 3 heterocycles. The summed E-state index contributed by atoms with van der Waals surface area (Å²) < 4.78 is 37.1. The van der Waals surface area contributed by atoms with Gasteiger partial charge in [-0.1, -0.05) is 18.2 Å². The van der Waals surface area contributed by atoms with E-state index in [1.165, 1.54) is 42.9 Å². The summed E-state index contributed by atoms with van der Waals surface area (Å²) >= 11 is 0. The van der Waals surface area contributed by atoms with Crippen LogP contribution in [0.15, 0.2) is 48.8 Å². The Labute approximate surface area is 223 Å². The van der Waals surface area contributed by atoms with Crippen LogP contribution >= 0.6 is 7.75 Å². The molecule has 1 saturated heterocycles. The van der Waals surface area contributed by atoms with Crippen LogP contribution in [0.2, 0.25) is 0 Å². The summed E-state index contributed by atoms with van der Waals surface area (Å²) in [7, 11) is -4.30. The third-order valence-corrected chi connectivity index (χ3v) is 7.98. The van der Waals surface area contributed by atoms with E-state index in [4.69, 9.17) is 24.3 Å². The average molecular weight is 561 g/mol. The number of nitriles is 1. The highest BCUT2D eigenvalue weighted by Crippen LogP contribution is 2.50. The minimum absolute atomic E-state index is 0.0819. The van der Waals surface area contributed by atoms with Crippen LogP contribution in [0.25, 0.3) is 5.52 Å². The summed E-state index contributed by atoms with van der Waals surface area (Å²) in [5.41, 5.74) is 2.02. The van der Waals surface area contributed by atoms with E-state index in [9.17, 15) is 24.8 Å². The molecule has 39 heavy (non-hydrogen) atoms. The molecule has 0 spiro atoms. The minimum atomic E-state index is -4.30. The highest BCUT2D eigenvalue weighted by atomic mass is 31.2. The number of carbonyl (C=O) groups excluding carboxylic acids is 1. The number of nitrogens with zero attached hydrogens (tertiary/aromatic N) is 4. The number of esters is 1. The van der Waals surface area contributed by atoms with Gasteiger partial charge in [0.05, 0.1) is 18.9 Å². The zero-order chi connectivity index (χ0) is 28.4. The first kappa shape index (κ1) is 28.4. The summed E-state index contributed by atoms with van der Waals surface area (Å²) in [4.78, 5) is 16.1. The van der Waals surface area contributed by atoms with E-state index in [1.54, 1.807) is 31.2 Å². The topological polar surface area (TPSA) is 204 Å². The number of hydrogen-bond acceptors (Lipinski definition) is 12. The van der Waals surface area contributed by atoms with Crippen molar-refractivity contribution in [1.29, 1.82) is 5.26 Å². The molecule has 3 aromatic rings. The molecule has 2 aromatic heterocycles. The van der Waals surface area contributed by atoms with E-state index in [1.807, 2.05) is 6.07 Å². The molecule has 6 atom stereocenters. The van der Waals surface area contributed by atoms with Gasteiger partial charge < -0.3 is 29.9 Å². The number of nitrogens with one attached hydrogen (secondary N) is 1. The lowest BCUT2D eigenvalue weighted by molar-refractivity contribution is -0.144. The van der Waals surface area contributed by atoms with Crippen LogP contribution < -0.4 is 15.3 Å². The van der Waals surface area contributed by atoms with Gasteiger partial charge in [-0.05, 0) is 45.0 Å². The zero-order valence-electron chi connectivity index (χ0n) is 21.4.